The lowest BCUT2D eigenvalue weighted by Gasteiger charge is -2.38. The zero-order chi connectivity index (χ0) is 31.1. The molecule has 2 aliphatic rings. The van der Waals surface area contributed by atoms with Crippen LogP contribution in [0.5, 0.6) is 0 Å². The number of thiazole rings is 1. The zero-order valence-corrected chi connectivity index (χ0v) is 24.5. The highest BCUT2D eigenvalue weighted by Gasteiger charge is 2.42. The first kappa shape index (κ1) is 33.5. The third-order valence-electron chi connectivity index (χ3n) is 8.30. The Kier molecular flexibility index (Phi) is 9.81. The van der Waals surface area contributed by atoms with Gasteiger partial charge in [-0.3, -0.25) is 4.90 Å². The van der Waals surface area contributed by atoms with Crippen molar-refractivity contribution in [2.75, 3.05) is 30.4 Å². The van der Waals surface area contributed by atoms with Crippen molar-refractivity contribution in [3.8, 4) is 11.3 Å². The number of alkyl halides is 3. The van der Waals surface area contributed by atoms with Crippen molar-refractivity contribution in [3.05, 3.63) is 46.6 Å². The Morgan fingerprint density at radius 3 is 2.39 bits per heavy atom. The molecule has 0 unspecified atom stereocenters. The van der Waals surface area contributed by atoms with E-state index in [1.807, 2.05) is 0 Å². The number of nitrogens with zero attached hydrogens (tertiary/aromatic N) is 5. The van der Waals surface area contributed by atoms with E-state index < -0.39 is 34.9 Å². The number of benzene rings is 1. The van der Waals surface area contributed by atoms with E-state index >= 15 is 4.39 Å². The summed E-state index contributed by atoms with van der Waals surface area (Å²) in [7, 11) is 1.33. The largest absolute Gasteiger partial charge is 0.479 e. The summed E-state index contributed by atoms with van der Waals surface area (Å²) < 4.78 is 75.9. The highest BCUT2D eigenvalue weighted by atomic mass is 32.1. The van der Waals surface area contributed by atoms with Crippen LogP contribution >= 0.6 is 11.3 Å². The number of hydrogen-bond acceptors (Lipinski definition) is 9. The molecule has 3 aromatic rings. The van der Waals surface area contributed by atoms with Crippen molar-refractivity contribution in [2.24, 2.45) is 0 Å². The maximum Gasteiger partial charge on any atom is 0.416 e. The van der Waals surface area contributed by atoms with Crippen molar-refractivity contribution >= 4 is 34.1 Å². The number of halogens is 5. The molecular weight excluding hydrogens is 607 g/mol. The summed E-state index contributed by atoms with van der Waals surface area (Å²) in [5, 5.41) is 12.6. The van der Waals surface area contributed by atoms with Gasteiger partial charge in [0.2, 0.25) is 5.82 Å². The van der Waals surface area contributed by atoms with Crippen LogP contribution in [-0.2, 0) is 22.3 Å². The van der Waals surface area contributed by atoms with E-state index in [4.69, 9.17) is 4.74 Å². The smallest absolute Gasteiger partial charge is 0.416 e. The first-order valence-corrected chi connectivity index (χ1v) is 14.6. The van der Waals surface area contributed by atoms with Gasteiger partial charge in [-0.25, -0.2) is 24.1 Å². The molecule has 2 aromatic heterocycles. The molecule has 15 heteroatoms. The predicted molar refractivity (Wildman–Crippen MR) is 157 cm³/mol. The normalized spacial score (nSPS) is 20.4. The minimum Gasteiger partial charge on any atom is -0.479 e. The number of aliphatic carboxylic acids is 1. The van der Waals surface area contributed by atoms with Gasteiger partial charge in [-0.05, 0) is 44.9 Å². The number of likely N-dealkylation sites (tertiary alicyclic amines) is 1. The topological polar surface area (TPSA) is 104 Å². The molecule has 0 radical (unpaired) electrons. The first-order chi connectivity index (χ1) is 20.3. The summed E-state index contributed by atoms with van der Waals surface area (Å²) in [6.07, 6.45) is -1.45. The monoisotopic (exact) mass is 642 g/mol. The molecule has 2 aliphatic heterocycles. The molecule has 2 N–H and O–H groups in total. The van der Waals surface area contributed by atoms with E-state index in [1.165, 1.54) is 7.11 Å². The van der Waals surface area contributed by atoms with Crippen LogP contribution in [0.4, 0.5) is 38.7 Å². The predicted octanol–water partition coefficient (Wildman–Crippen LogP) is 6.72. The van der Waals surface area contributed by atoms with Gasteiger partial charge >= 0.3 is 12.1 Å². The highest BCUT2D eigenvalue weighted by molar-refractivity contribution is 7.16. The van der Waals surface area contributed by atoms with Crippen molar-refractivity contribution in [1.82, 2.24) is 19.9 Å². The number of carboxylic acids is 1. The summed E-state index contributed by atoms with van der Waals surface area (Å²) in [4.78, 5) is 28.7. The number of ether oxygens (including phenoxy) is 1. The van der Waals surface area contributed by atoms with Crippen molar-refractivity contribution in [1.29, 1.82) is 0 Å². The standard InChI is InChI=1S/C28H31F5N6O3S.CH4/c1-15-4-5-16(2)39(15)13-20-22(17-10-18(28(31,32)33)12-19(29)11-17)36-26(43-20)37-23-21(30)24(35-14-34-23)38-8-6-27(42-3,7-9-38)25(40)41;/h10-12,14-16H,4-9,13H2,1-3H3,(H,40,41)(H,34,35,36,37);1H4/t15-,16-;/m1./s1. The Morgan fingerprint density at radius 2 is 1.80 bits per heavy atom. The minimum absolute atomic E-state index is 0. The van der Waals surface area contributed by atoms with Crippen molar-refractivity contribution in [2.45, 2.75) is 77.4 Å². The number of carbonyl (C=O) groups is 1. The number of hydrogen-bond donors (Lipinski definition) is 2. The van der Waals surface area contributed by atoms with Gasteiger partial charge in [0.15, 0.2) is 22.4 Å². The highest BCUT2D eigenvalue weighted by Crippen LogP contribution is 2.40. The SMILES string of the molecule is C.COC1(C(=O)O)CCN(c2ncnc(Nc3nc(-c4cc(F)cc(C(F)(F)F)c4)c(CN4[C@H](C)CC[C@H]4C)s3)c2F)CC1. The molecule has 4 heterocycles. The van der Waals surface area contributed by atoms with Gasteiger partial charge in [0.05, 0.1) is 11.3 Å². The number of nitrogens with one attached hydrogen (secondary N) is 1. The molecule has 0 spiro atoms. The van der Waals surface area contributed by atoms with Gasteiger partial charge in [-0.15, -0.1) is 0 Å². The summed E-state index contributed by atoms with van der Waals surface area (Å²) in [5.74, 6) is -3.18. The minimum atomic E-state index is -4.76. The van der Waals surface area contributed by atoms with Gasteiger partial charge in [0, 0.05) is 62.1 Å². The third-order valence-corrected chi connectivity index (χ3v) is 9.26. The molecule has 0 aliphatic carbocycles. The molecule has 0 saturated carbocycles. The summed E-state index contributed by atoms with van der Waals surface area (Å²) >= 11 is 1.13. The molecule has 9 nitrogen and oxygen atoms in total. The molecule has 2 saturated heterocycles. The van der Waals surface area contributed by atoms with Crippen LogP contribution in [0, 0.1) is 11.6 Å². The maximum atomic E-state index is 15.7. The van der Waals surface area contributed by atoms with Gasteiger partial charge in [-0.2, -0.15) is 17.6 Å². The summed E-state index contributed by atoms with van der Waals surface area (Å²) in [6.45, 7) is 4.85. The molecule has 44 heavy (non-hydrogen) atoms. The Hall–Kier alpha value is -3.43. The molecule has 1 aromatic carbocycles. The Morgan fingerprint density at radius 1 is 1.14 bits per heavy atom. The van der Waals surface area contributed by atoms with E-state index in [0.29, 0.717) is 17.5 Å². The zero-order valence-electron chi connectivity index (χ0n) is 23.7. The second-order valence-corrected chi connectivity index (χ2v) is 12.0. The second-order valence-electron chi connectivity index (χ2n) is 10.9. The lowest BCUT2D eigenvalue weighted by atomic mass is 9.91. The van der Waals surface area contributed by atoms with Crippen LogP contribution in [0.1, 0.15) is 57.4 Å². The summed E-state index contributed by atoms with van der Waals surface area (Å²) in [6, 6.07) is 2.75. The van der Waals surface area contributed by atoms with Gasteiger partial charge < -0.3 is 20.1 Å². The summed E-state index contributed by atoms with van der Waals surface area (Å²) in [5.41, 5.74) is -2.36. The number of rotatable bonds is 8. The van der Waals surface area contributed by atoms with Crippen molar-refractivity contribution in [3.63, 3.8) is 0 Å². The van der Waals surface area contributed by atoms with E-state index in [-0.39, 0.29) is 73.5 Å². The number of carboxylic acid groups (broad SMARTS) is 1. The first-order valence-electron chi connectivity index (χ1n) is 13.8. The molecule has 2 atom stereocenters. The fraction of sp³-hybridized carbons (Fsp3) is 0.517. The van der Waals surface area contributed by atoms with E-state index in [2.05, 4.69) is 39.0 Å². The quantitative estimate of drug-likeness (QED) is 0.259. The van der Waals surface area contributed by atoms with Gasteiger partial charge in [0.1, 0.15) is 12.1 Å². The van der Waals surface area contributed by atoms with Crippen LogP contribution in [0.2, 0.25) is 0 Å². The third kappa shape index (κ3) is 6.64. The van der Waals surface area contributed by atoms with E-state index in [0.717, 1.165) is 42.6 Å². The second kappa shape index (κ2) is 12.9. The molecule has 0 amide bonds. The maximum absolute atomic E-state index is 15.7. The van der Waals surface area contributed by atoms with Crippen LogP contribution in [0.3, 0.4) is 0 Å². The lowest BCUT2D eigenvalue weighted by Crippen LogP contribution is -2.51. The lowest BCUT2D eigenvalue weighted by molar-refractivity contribution is -0.164. The fourth-order valence-corrected chi connectivity index (χ4v) is 6.70. The molecule has 2 fully saturated rings. The Labute approximate surface area is 256 Å². The van der Waals surface area contributed by atoms with Crippen LogP contribution in [-0.4, -0.2) is 68.8 Å². The number of methoxy groups -OCH3 is 1. The molecule has 0 bridgehead atoms. The Balaban J connectivity index is 0.00000442. The number of aromatic nitrogens is 3. The Bertz CT molecular complexity index is 1480. The van der Waals surface area contributed by atoms with Crippen LogP contribution in [0.25, 0.3) is 11.3 Å². The van der Waals surface area contributed by atoms with Crippen LogP contribution < -0.4 is 10.2 Å². The number of anilines is 3. The van der Waals surface area contributed by atoms with E-state index in [1.54, 1.807) is 4.90 Å². The van der Waals surface area contributed by atoms with Crippen molar-refractivity contribution < 1.29 is 36.6 Å². The van der Waals surface area contributed by atoms with Gasteiger partial charge in [0.25, 0.3) is 0 Å². The van der Waals surface area contributed by atoms with Gasteiger partial charge in [-0.1, -0.05) is 18.8 Å². The van der Waals surface area contributed by atoms with E-state index in [9.17, 15) is 27.5 Å². The average Bonchev–Trinajstić information content (AvgIpc) is 3.51. The number of piperidine rings is 1. The average molecular weight is 643 g/mol. The molecule has 240 valence electrons. The van der Waals surface area contributed by atoms with Crippen LogP contribution in [0.15, 0.2) is 24.5 Å². The fourth-order valence-electron chi connectivity index (χ4n) is 5.71. The molecule has 5 rings (SSSR count). The molecular formula is C29H35F5N6O3S.